The van der Waals surface area contributed by atoms with Crippen molar-refractivity contribution in [3.63, 3.8) is 0 Å². The number of ether oxygens (including phenoxy) is 2. The van der Waals surface area contributed by atoms with Gasteiger partial charge >= 0.3 is 0 Å². The molecule has 17 heavy (non-hydrogen) atoms. The molecule has 0 saturated carbocycles. The summed E-state index contributed by atoms with van der Waals surface area (Å²) < 4.78 is 16.5. The van der Waals surface area contributed by atoms with Gasteiger partial charge in [0.15, 0.2) is 5.43 Å². The van der Waals surface area contributed by atoms with Crippen molar-refractivity contribution < 1.29 is 13.9 Å². The van der Waals surface area contributed by atoms with Crippen molar-refractivity contribution in [2.24, 2.45) is 0 Å². The fourth-order valence-electron chi connectivity index (χ4n) is 1.93. The SMILES string of the molecule is O=c1cc(C2COCCO2)oc2ccccc12. The number of hydrogen-bond donors (Lipinski definition) is 0. The van der Waals surface area contributed by atoms with E-state index in [1.807, 2.05) is 12.1 Å². The number of benzene rings is 1. The van der Waals surface area contributed by atoms with Crippen molar-refractivity contribution in [1.82, 2.24) is 0 Å². The molecule has 0 aliphatic carbocycles. The molecule has 2 aromatic rings. The molecule has 0 radical (unpaired) electrons. The summed E-state index contributed by atoms with van der Waals surface area (Å²) in [7, 11) is 0. The second-order valence-electron chi connectivity index (χ2n) is 3.94. The molecule has 1 fully saturated rings. The van der Waals surface area contributed by atoms with E-state index in [2.05, 4.69) is 0 Å². The Bertz CT molecular complexity index is 581. The highest BCUT2D eigenvalue weighted by molar-refractivity contribution is 5.76. The molecule has 1 unspecified atom stereocenters. The third-order valence-corrected chi connectivity index (χ3v) is 2.79. The smallest absolute Gasteiger partial charge is 0.193 e. The Kier molecular flexibility index (Phi) is 2.66. The highest BCUT2D eigenvalue weighted by atomic mass is 16.6. The van der Waals surface area contributed by atoms with Gasteiger partial charge in [-0.15, -0.1) is 0 Å². The van der Waals surface area contributed by atoms with Crippen molar-refractivity contribution in [2.45, 2.75) is 6.10 Å². The van der Waals surface area contributed by atoms with Crippen molar-refractivity contribution in [2.75, 3.05) is 19.8 Å². The zero-order chi connectivity index (χ0) is 11.7. The van der Waals surface area contributed by atoms with Crippen LogP contribution in [0.2, 0.25) is 0 Å². The van der Waals surface area contributed by atoms with Crippen molar-refractivity contribution in [3.05, 3.63) is 46.3 Å². The number of hydrogen-bond acceptors (Lipinski definition) is 4. The maximum atomic E-state index is 11.9. The summed E-state index contributed by atoms with van der Waals surface area (Å²) in [6.45, 7) is 1.55. The molecule has 2 heterocycles. The average Bonchev–Trinajstić information content (AvgIpc) is 2.40. The van der Waals surface area contributed by atoms with Gasteiger partial charge in [0.1, 0.15) is 17.4 Å². The van der Waals surface area contributed by atoms with Gasteiger partial charge in [-0.2, -0.15) is 0 Å². The first-order valence-corrected chi connectivity index (χ1v) is 5.57. The molecule has 0 amide bonds. The molecule has 1 atom stereocenters. The zero-order valence-electron chi connectivity index (χ0n) is 9.22. The molecule has 0 bridgehead atoms. The van der Waals surface area contributed by atoms with E-state index in [0.717, 1.165) is 0 Å². The first-order valence-electron chi connectivity index (χ1n) is 5.57. The Hall–Kier alpha value is -1.65. The van der Waals surface area contributed by atoms with Gasteiger partial charge < -0.3 is 13.9 Å². The molecule has 1 aliphatic rings. The van der Waals surface area contributed by atoms with Crippen molar-refractivity contribution in [3.8, 4) is 0 Å². The van der Waals surface area contributed by atoms with E-state index in [9.17, 15) is 4.79 Å². The van der Waals surface area contributed by atoms with Crippen LogP contribution in [0.3, 0.4) is 0 Å². The van der Waals surface area contributed by atoms with Crippen LogP contribution >= 0.6 is 0 Å². The minimum Gasteiger partial charge on any atom is -0.458 e. The second kappa shape index (κ2) is 4.31. The monoisotopic (exact) mass is 232 g/mol. The standard InChI is InChI=1S/C13H12O4/c14-10-7-12(13-8-15-5-6-16-13)17-11-4-2-1-3-9(10)11/h1-4,7,13H,5-6,8H2. The van der Waals surface area contributed by atoms with Crippen LogP contribution in [-0.4, -0.2) is 19.8 Å². The summed E-state index contributed by atoms with van der Waals surface area (Å²) in [5.41, 5.74) is 0.542. The summed E-state index contributed by atoms with van der Waals surface area (Å²) >= 11 is 0. The molecular formula is C13H12O4. The maximum Gasteiger partial charge on any atom is 0.193 e. The molecule has 1 aromatic carbocycles. The molecule has 1 saturated heterocycles. The second-order valence-corrected chi connectivity index (χ2v) is 3.94. The number of fused-ring (bicyclic) bond motifs is 1. The van der Waals surface area contributed by atoms with Crippen LogP contribution in [0.25, 0.3) is 11.0 Å². The van der Waals surface area contributed by atoms with E-state index < -0.39 is 0 Å². The van der Waals surface area contributed by atoms with Crippen molar-refractivity contribution >= 4 is 11.0 Å². The lowest BCUT2D eigenvalue weighted by Gasteiger charge is -2.21. The van der Waals surface area contributed by atoms with Gasteiger partial charge in [-0.3, -0.25) is 4.79 Å². The van der Waals surface area contributed by atoms with Crippen LogP contribution in [0.15, 0.2) is 39.5 Å². The Labute approximate surface area is 97.8 Å². The molecule has 0 N–H and O–H groups in total. The van der Waals surface area contributed by atoms with Gasteiger partial charge in [0, 0.05) is 6.07 Å². The van der Waals surface area contributed by atoms with E-state index in [4.69, 9.17) is 13.9 Å². The molecule has 4 nitrogen and oxygen atoms in total. The molecule has 1 aliphatic heterocycles. The predicted molar refractivity (Wildman–Crippen MR) is 62.0 cm³/mol. The minimum atomic E-state index is -0.277. The van der Waals surface area contributed by atoms with E-state index in [-0.39, 0.29) is 11.5 Å². The quantitative estimate of drug-likeness (QED) is 0.753. The highest BCUT2D eigenvalue weighted by Crippen LogP contribution is 2.22. The number of para-hydroxylation sites is 1. The fraction of sp³-hybridized carbons (Fsp3) is 0.308. The van der Waals surface area contributed by atoms with Crippen LogP contribution in [0, 0.1) is 0 Å². The fourth-order valence-corrected chi connectivity index (χ4v) is 1.93. The molecular weight excluding hydrogens is 220 g/mol. The summed E-state index contributed by atoms with van der Waals surface area (Å²) in [4.78, 5) is 11.9. The average molecular weight is 232 g/mol. The highest BCUT2D eigenvalue weighted by Gasteiger charge is 2.20. The van der Waals surface area contributed by atoms with E-state index in [1.165, 1.54) is 6.07 Å². The summed E-state index contributed by atoms with van der Waals surface area (Å²) in [6.07, 6.45) is -0.277. The molecule has 4 heteroatoms. The molecule has 3 rings (SSSR count). The Morgan fingerprint density at radius 2 is 2.06 bits per heavy atom. The lowest BCUT2D eigenvalue weighted by molar-refractivity contribution is -0.0975. The van der Waals surface area contributed by atoms with Gasteiger partial charge in [-0.25, -0.2) is 0 Å². The van der Waals surface area contributed by atoms with Gasteiger partial charge in [0.2, 0.25) is 0 Å². The normalized spacial score (nSPS) is 20.6. The van der Waals surface area contributed by atoms with Crippen LogP contribution in [0.1, 0.15) is 11.9 Å². The molecule has 1 aromatic heterocycles. The number of rotatable bonds is 1. The van der Waals surface area contributed by atoms with E-state index in [0.29, 0.717) is 36.6 Å². The third-order valence-electron chi connectivity index (χ3n) is 2.79. The predicted octanol–water partition coefficient (Wildman–Crippen LogP) is 1.88. The van der Waals surface area contributed by atoms with Gasteiger partial charge in [-0.1, -0.05) is 12.1 Å². The van der Waals surface area contributed by atoms with E-state index >= 15 is 0 Å². The topological polar surface area (TPSA) is 48.7 Å². The largest absolute Gasteiger partial charge is 0.458 e. The van der Waals surface area contributed by atoms with E-state index in [1.54, 1.807) is 12.1 Å². The van der Waals surface area contributed by atoms with Crippen LogP contribution in [-0.2, 0) is 9.47 Å². The van der Waals surface area contributed by atoms with Gasteiger partial charge in [0.05, 0.1) is 25.2 Å². The lowest BCUT2D eigenvalue weighted by Crippen LogP contribution is -2.22. The van der Waals surface area contributed by atoms with Crippen LogP contribution in [0.4, 0.5) is 0 Å². The Balaban J connectivity index is 2.08. The minimum absolute atomic E-state index is 0.0453. The molecule has 88 valence electrons. The summed E-state index contributed by atoms with van der Waals surface area (Å²) in [5.74, 6) is 0.536. The van der Waals surface area contributed by atoms with Crippen LogP contribution < -0.4 is 5.43 Å². The first-order chi connectivity index (χ1) is 8.34. The summed E-state index contributed by atoms with van der Waals surface area (Å²) in [5, 5.41) is 0.591. The zero-order valence-corrected chi connectivity index (χ0v) is 9.22. The third kappa shape index (κ3) is 1.97. The first kappa shape index (κ1) is 10.5. The Morgan fingerprint density at radius 1 is 1.18 bits per heavy atom. The Morgan fingerprint density at radius 3 is 2.88 bits per heavy atom. The lowest BCUT2D eigenvalue weighted by atomic mass is 10.2. The van der Waals surface area contributed by atoms with Crippen molar-refractivity contribution in [1.29, 1.82) is 0 Å². The summed E-state index contributed by atoms with van der Waals surface area (Å²) in [6, 6.07) is 8.68. The van der Waals surface area contributed by atoms with Crippen LogP contribution in [0.5, 0.6) is 0 Å². The van der Waals surface area contributed by atoms with Gasteiger partial charge in [0.25, 0.3) is 0 Å². The van der Waals surface area contributed by atoms with Gasteiger partial charge in [-0.05, 0) is 12.1 Å². The maximum absolute atomic E-state index is 11.9. The molecule has 0 spiro atoms.